The van der Waals surface area contributed by atoms with E-state index in [9.17, 15) is 9.18 Å². The van der Waals surface area contributed by atoms with E-state index in [1.165, 1.54) is 18.2 Å². The molecular formula is C13H18FNO2S. The van der Waals surface area contributed by atoms with Gasteiger partial charge in [0, 0.05) is 12.1 Å². The third-order valence-corrected chi connectivity index (χ3v) is 3.45. The minimum atomic E-state index is -1.04. The van der Waals surface area contributed by atoms with E-state index in [-0.39, 0.29) is 11.4 Å². The van der Waals surface area contributed by atoms with Gasteiger partial charge in [0.2, 0.25) is 0 Å². The normalized spacial score (nSPS) is 12.4. The van der Waals surface area contributed by atoms with Crippen molar-refractivity contribution in [2.75, 3.05) is 18.6 Å². The summed E-state index contributed by atoms with van der Waals surface area (Å²) >= 11 is 1.77. The molecule has 1 rings (SSSR count). The van der Waals surface area contributed by atoms with E-state index in [4.69, 9.17) is 5.11 Å². The van der Waals surface area contributed by atoms with Crippen molar-refractivity contribution >= 4 is 17.7 Å². The molecule has 0 saturated heterocycles. The minimum Gasteiger partial charge on any atom is -0.478 e. The van der Waals surface area contributed by atoms with Crippen LogP contribution in [0.25, 0.3) is 0 Å². The fourth-order valence-corrected chi connectivity index (χ4v) is 2.33. The van der Waals surface area contributed by atoms with Crippen molar-refractivity contribution in [2.24, 2.45) is 5.92 Å². The molecule has 18 heavy (non-hydrogen) atoms. The molecule has 2 N–H and O–H groups in total. The lowest BCUT2D eigenvalue weighted by molar-refractivity contribution is 0.0696. The molecule has 0 aliphatic carbocycles. The third-order valence-electron chi connectivity index (χ3n) is 2.55. The number of carboxylic acid groups (broad SMARTS) is 1. The second kappa shape index (κ2) is 7.38. The van der Waals surface area contributed by atoms with Gasteiger partial charge in [-0.2, -0.15) is 11.8 Å². The number of carboxylic acids is 1. The predicted octanol–water partition coefficient (Wildman–Crippen LogP) is 2.61. The number of hydrogen-bond acceptors (Lipinski definition) is 3. The van der Waals surface area contributed by atoms with E-state index in [0.29, 0.717) is 18.0 Å². The monoisotopic (exact) mass is 271 g/mol. The van der Waals surface area contributed by atoms with Crippen LogP contribution in [-0.2, 0) is 6.54 Å². The number of benzene rings is 1. The maximum Gasteiger partial charge on any atom is 0.335 e. The van der Waals surface area contributed by atoms with E-state index in [0.717, 1.165) is 12.3 Å². The largest absolute Gasteiger partial charge is 0.478 e. The van der Waals surface area contributed by atoms with Crippen molar-refractivity contribution in [3.63, 3.8) is 0 Å². The van der Waals surface area contributed by atoms with Crippen molar-refractivity contribution in [1.82, 2.24) is 5.32 Å². The Labute approximate surface area is 111 Å². The van der Waals surface area contributed by atoms with Gasteiger partial charge >= 0.3 is 5.97 Å². The average Bonchev–Trinajstić information content (AvgIpc) is 2.31. The highest BCUT2D eigenvalue weighted by Crippen LogP contribution is 2.11. The fraction of sp³-hybridized carbons (Fsp3) is 0.462. The van der Waals surface area contributed by atoms with Gasteiger partial charge in [-0.15, -0.1) is 0 Å². The first-order valence-electron chi connectivity index (χ1n) is 5.76. The Morgan fingerprint density at radius 3 is 2.89 bits per heavy atom. The van der Waals surface area contributed by atoms with E-state index in [2.05, 4.69) is 12.2 Å². The maximum atomic E-state index is 13.5. The van der Waals surface area contributed by atoms with Gasteiger partial charge < -0.3 is 10.4 Å². The van der Waals surface area contributed by atoms with Gasteiger partial charge in [0.25, 0.3) is 0 Å². The quantitative estimate of drug-likeness (QED) is 0.800. The number of aromatic carboxylic acids is 1. The molecule has 0 heterocycles. The van der Waals surface area contributed by atoms with Crippen LogP contribution >= 0.6 is 11.8 Å². The molecule has 0 aromatic heterocycles. The molecule has 3 nitrogen and oxygen atoms in total. The molecule has 1 aromatic carbocycles. The highest BCUT2D eigenvalue weighted by molar-refractivity contribution is 7.98. The average molecular weight is 271 g/mol. The second-order valence-electron chi connectivity index (χ2n) is 4.30. The molecule has 0 fully saturated rings. The summed E-state index contributed by atoms with van der Waals surface area (Å²) in [5.41, 5.74) is 0.511. The van der Waals surface area contributed by atoms with Crippen LogP contribution in [0.15, 0.2) is 18.2 Å². The van der Waals surface area contributed by atoms with Crippen LogP contribution in [0, 0.1) is 11.7 Å². The fourth-order valence-electron chi connectivity index (χ4n) is 1.64. The molecule has 5 heteroatoms. The van der Waals surface area contributed by atoms with E-state index in [1.54, 1.807) is 11.8 Å². The van der Waals surface area contributed by atoms with Gasteiger partial charge in [-0.3, -0.25) is 0 Å². The topological polar surface area (TPSA) is 49.3 Å². The third kappa shape index (κ3) is 4.66. The Morgan fingerprint density at radius 2 is 2.28 bits per heavy atom. The Morgan fingerprint density at radius 1 is 1.56 bits per heavy atom. The van der Waals surface area contributed by atoms with Crippen molar-refractivity contribution in [3.8, 4) is 0 Å². The zero-order valence-corrected chi connectivity index (χ0v) is 11.4. The van der Waals surface area contributed by atoms with Gasteiger partial charge in [0.15, 0.2) is 0 Å². The second-order valence-corrected chi connectivity index (χ2v) is 5.21. The van der Waals surface area contributed by atoms with E-state index in [1.807, 2.05) is 6.26 Å². The van der Waals surface area contributed by atoms with Crippen LogP contribution in [-0.4, -0.2) is 29.6 Å². The van der Waals surface area contributed by atoms with Gasteiger partial charge in [-0.25, -0.2) is 9.18 Å². The first-order valence-corrected chi connectivity index (χ1v) is 7.15. The Balaban J connectivity index is 2.56. The molecule has 0 aliphatic rings. The minimum absolute atomic E-state index is 0.116. The zero-order chi connectivity index (χ0) is 13.5. The van der Waals surface area contributed by atoms with E-state index < -0.39 is 5.97 Å². The lowest BCUT2D eigenvalue weighted by Gasteiger charge is -2.11. The first kappa shape index (κ1) is 15.0. The SMILES string of the molecule is CSCC(C)CNCc1cc(C(=O)O)ccc1F. The summed E-state index contributed by atoms with van der Waals surface area (Å²) in [5, 5.41) is 12.0. The highest BCUT2D eigenvalue weighted by atomic mass is 32.2. The van der Waals surface area contributed by atoms with Crippen molar-refractivity contribution < 1.29 is 14.3 Å². The van der Waals surface area contributed by atoms with Crippen LogP contribution < -0.4 is 5.32 Å². The smallest absolute Gasteiger partial charge is 0.335 e. The predicted molar refractivity (Wildman–Crippen MR) is 72.6 cm³/mol. The molecule has 0 saturated carbocycles. The molecule has 0 aliphatic heterocycles. The molecule has 1 unspecified atom stereocenters. The highest BCUT2D eigenvalue weighted by Gasteiger charge is 2.08. The molecule has 0 bridgehead atoms. The molecular weight excluding hydrogens is 253 g/mol. The molecule has 1 aromatic rings. The van der Waals surface area contributed by atoms with Crippen LogP contribution in [0.2, 0.25) is 0 Å². The Bertz CT molecular complexity index is 412. The number of hydrogen-bond donors (Lipinski definition) is 2. The lowest BCUT2D eigenvalue weighted by Crippen LogP contribution is -2.22. The summed E-state index contributed by atoms with van der Waals surface area (Å²) < 4.78 is 13.5. The number of nitrogens with one attached hydrogen (secondary N) is 1. The van der Waals surface area contributed by atoms with Crippen LogP contribution in [0.3, 0.4) is 0 Å². The molecule has 100 valence electrons. The van der Waals surface area contributed by atoms with Gasteiger partial charge in [-0.05, 0) is 42.7 Å². The zero-order valence-electron chi connectivity index (χ0n) is 10.6. The van der Waals surface area contributed by atoms with Crippen LogP contribution in [0.4, 0.5) is 4.39 Å². The van der Waals surface area contributed by atoms with Crippen LogP contribution in [0.1, 0.15) is 22.8 Å². The van der Waals surface area contributed by atoms with Gasteiger partial charge in [0.05, 0.1) is 5.56 Å². The Kier molecular flexibility index (Phi) is 6.15. The molecule has 0 radical (unpaired) electrons. The Hall–Kier alpha value is -1.07. The van der Waals surface area contributed by atoms with Crippen molar-refractivity contribution in [3.05, 3.63) is 35.1 Å². The van der Waals surface area contributed by atoms with Gasteiger partial charge in [0.1, 0.15) is 5.82 Å². The summed E-state index contributed by atoms with van der Waals surface area (Å²) in [5.74, 6) is 0.146. The number of halogens is 1. The number of thioether (sulfide) groups is 1. The first-order chi connectivity index (χ1) is 8.54. The van der Waals surface area contributed by atoms with Gasteiger partial charge in [-0.1, -0.05) is 6.92 Å². The summed E-state index contributed by atoms with van der Waals surface area (Å²) in [6.07, 6.45) is 2.05. The van der Waals surface area contributed by atoms with Crippen LogP contribution in [0.5, 0.6) is 0 Å². The summed E-state index contributed by atoms with van der Waals surface area (Å²) in [4.78, 5) is 10.8. The van der Waals surface area contributed by atoms with E-state index >= 15 is 0 Å². The van der Waals surface area contributed by atoms with Crippen molar-refractivity contribution in [1.29, 1.82) is 0 Å². The summed E-state index contributed by atoms with van der Waals surface area (Å²) in [7, 11) is 0. The summed E-state index contributed by atoms with van der Waals surface area (Å²) in [6, 6.07) is 3.85. The number of carbonyl (C=O) groups is 1. The lowest BCUT2D eigenvalue weighted by atomic mass is 10.1. The summed E-state index contributed by atoms with van der Waals surface area (Å²) in [6.45, 7) is 3.26. The molecule has 0 amide bonds. The molecule has 0 spiro atoms. The molecule has 1 atom stereocenters. The maximum absolute atomic E-state index is 13.5. The standard InChI is InChI=1S/C13H18FNO2S/c1-9(8-18-2)6-15-7-11-5-10(13(16)17)3-4-12(11)14/h3-5,9,15H,6-8H2,1-2H3,(H,16,17). The number of rotatable bonds is 7. The van der Waals surface area contributed by atoms with Crippen molar-refractivity contribution in [2.45, 2.75) is 13.5 Å².